The van der Waals surface area contributed by atoms with Gasteiger partial charge < -0.3 is 9.47 Å². The van der Waals surface area contributed by atoms with Crippen LogP contribution in [-0.4, -0.2) is 19.7 Å². The Morgan fingerprint density at radius 1 is 1.22 bits per heavy atom. The summed E-state index contributed by atoms with van der Waals surface area (Å²) in [4.78, 5) is 11.0. The van der Waals surface area contributed by atoms with E-state index < -0.39 is 0 Å². The third-order valence-corrected chi connectivity index (χ3v) is 2.80. The molecule has 0 radical (unpaired) electrons. The Labute approximate surface area is 109 Å². The van der Waals surface area contributed by atoms with Crippen LogP contribution in [0.3, 0.4) is 0 Å². The van der Waals surface area contributed by atoms with E-state index in [0.29, 0.717) is 0 Å². The molecule has 1 aromatic carbocycles. The summed E-state index contributed by atoms with van der Waals surface area (Å²) in [5, 5.41) is 0. The van der Waals surface area contributed by atoms with Crippen LogP contribution in [0.15, 0.2) is 24.3 Å². The number of hydrogen-bond acceptors (Lipinski definition) is 3. The SMILES string of the molecule is CCCCCCc1cccc(OCC(=O)OC)c1. The van der Waals surface area contributed by atoms with Crippen molar-refractivity contribution in [2.45, 2.75) is 39.0 Å². The van der Waals surface area contributed by atoms with Crippen LogP contribution in [0.2, 0.25) is 0 Å². The number of carbonyl (C=O) groups excluding carboxylic acids is 1. The van der Waals surface area contributed by atoms with E-state index in [1.807, 2.05) is 18.2 Å². The molecular formula is C15H22O3. The number of carbonyl (C=O) groups is 1. The summed E-state index contributed by atoms with van der Waals surface area (Å²) in [6, 6.07) is 7.91. The maximum Gasteiger partial charge on any atom is 0.343 e. The van der Waals surface area contributed by atoms with Gasteiger partial charge >= 0.3 is 5.97 Å². The smallest absolute Gasteiger partial charge is 0.343 e. The Kier molecular flexibility index (Phi) is 6.92. The van der Waals surface area contributed by atoms with Gasteiger partial charge in [-0.25, -0.2) is 4.79 Å². The van der Waals surface area contributed by atoms with Gasteiger partial charge in [-0.3, -0.25) is 0 Å². The second-order valence-corrected chi connectivity index (χ2v) is 4.32. The molecule has 0 spiro atoms. The number of ether oxygens (including phenoxy) is 2. The number of methoxy groups -OCH3 is 1. The minimum absolute atomic E-state index is 0.0320. The van der Waals surface area contributed by atoms with Crippen molar-refractivity contribution in [1.82, 2.24) is 0 Å². The molecule has 0 heterocycles. The normalized spacial score (nSPS) is 10.1. The second kappa shape index (κ2) is 8.56. The molecular weight excluding hydrogens is 228 g/mol. The molecule has 0 saturated carbocycles. The Balaban J connectivity index is 2.39. The molecule has 0 aliphatic rings. The topological polar surface area (TPSA) is 35.5 Å². The van der Waals surface area contributed by atoms with Crippen LogP contribution < -0.4 is 4.74 Å². The molecule has 18 heavy (non-hydrogen) atoms. The quantitative estimate of drug-likeness (QED) is 0.524. The minimum Gasteiger partial charge on any atom is -0.482 e. The summed E-state index contributed by atoms with van der Waals surface area (Å²) in [6.45, 7) is 2.18. The summed E-state index contributed by atoms with van der Waals surface area (Å²) >= 11 is 0. The number of hydrogen-bond donors (Lipinski definition) is 0. The average Bonchev–Trinajstić information content (AvgIpc) is 2.41. The molecule has 0 bridgehead atoms. The van der Waals surface area contributed by atoms with Crippen molar-refractivity contribution in [2.24, 2.45) is 0 Å². The van der Waals surface area contributed by atoms with Crippen LogP contribution in [0.1, 0.15) is 38.2 Å². The van der Waals surface area contributed by atoms with Crippen LogP contribution in [0, 0.1) is 0 Å². The van der Waals surface area contributed by atoms with E-state index in [1.165, 1.54) is 38.4 Å². The van der Waals surface area contributed by atoms with Crippen molar-refractivity contribution in [3.63, 3.8) is 0 Å². The van der Waals surface area contributed by atoms with E-state index >= 15 is 0 Å². The van der Waals surface area contributed by atoms with Crippen molar-refractivity contribution in [3.8, 4) is 5.75 Å². The van der Waals surface area contributed by atoms with Gasteiger partial charge in [0.25, 0.3) is 0 Å². The first-order valence-corrected chi connectivity index (χ1v) is 6.54. The number of aryl methyl sites for hydroxylation is 1. The highest BCUT2D eigenvalue weighted by atomic mass is 16.6. The monoisotopic (exact) mass is 250 g/mol. The van der Waals surface area contributed by atoms with Crippen molar-refractivity contribution < 1.29 is 14.3 Å². The van der Waals surface area contributed by atoms with Gasteiger partial charge in [0.2, 0.25) is 0 Å². The number of benzene rings is 1. The summed E-state index contributed by atoms with van der Waals surface area (Å²) in [7, 11) is 1.36. The zero-order valence-electron chi connectivity index (χ0n) is 11.3. The zero-order valence-corrected chi connectivity index (χ0v) is 11.3. The Bertz CT molecular complexity index is 361. The van der Waals surface area contributed by atoms with Gasteiger partial charge in [-0.05, 0) is 30.5 Å². The van der Waals surface area contributed by atoms with Gasteiger partial charge in [-0.1, -0.05) is 38.3 Å². The lowest BCUT2D eigenvalue weighted by atomic mass is 10.1. The van der Waals surface area contributed by atoms with E-state index in [2.05, 4.69) is 17.7 Å². The molecule has 0 saturated heterocycles. The van der Waals surface area contributed by atoms with E-state index in [1.54, 1.807) is 0 Å². The Morgan fingerprint density at radius 3 is 2.78 bits per heavy atom. The summed E-state index contributed by atoms with van der Waals surface area (Å²) < 4.78 is 9.88. The first kappa shape index (κ1) is 14.6. The third kappa shape index (κ3) is 5.71. The van der Waals surface area contributed by atoms with Crippen LogP contribution in [0.4, 0.5) is 0 Å². The molecule has 0 unspecified atom stereocenters. The molecule has 0 fully saturated rings. The largest absolute Gasteiger partial charge is 0.482 e. The fourth-order valence-corrected chi connectivity index (χ4v) is 1.75. The van der Waals surface area contributed by atoms with Gasteiger partial charge in [0, 0.05) is 0 Å². The predicted molar refractivity (Wildman–Crippen MR) is 71.8 cm³/mol. The first-order chi connectivity index (χ1) is 8.76. The molecule has 0 N–H and O–H groups in total. The predicted octanol–water partition coefficient (Wildman–Crippen LogP) is 3.36. The summed E-state index contributed by atoms with van der Waals surface area (Å²) in [5.74, 6) is 0.372. The maximum absolute atomic E-state index is 11.0. The van der Waals surface area contributed by atoms with Gasteiger partial charge in [0.15, 0.2) is 6.61 Å². The fraction of sp³-hybridized carbons (Fsp3) is 0.533. The highest BCUT2D eigenvalue weighted by molar-refractivity contribution is 5.70. The number of unbranched alkanes of at least 4 members (excludes halogenated alkanes) is 3. The summed E-state index contributed by atoms with van der Waals surface area (Å²) in [6.07, 6.45) is 6.08. The van der Waals surface area contributed by atoms with Crippen molar-refractivity contribution in [2.75, 3.05) is 13.7 Å². The Morgan fingerprint density at radius 2 is 2.06 bits per heavy atom. The van der Waals surface area contributed by atoms with Crippen molar-refractivity contribution in [3.05, 3.63) is 29.8 Å². The highest BCUT2D eigenvalue weighted by Gasteiger charge is 2.02. The maximum atomic E-state index is 11.0. The lowest BCUT2D eigenvalue weighted by molar-refractivity contribution is -0.142. The van der Waals surface area contributed by atoms with Gasteiger partial charge in [-0.2, -0.15) is 0 Å². The molecule has 0 atom stereocenters. The highest BCUT2D eigenvalue weighted by Crippen LogP contribution is 2.15. The van der Waals surface area contributed by atoms with Gasteiger partial charge in [-0.15, -0.1) is 0 Å². The van der Waals surface area contributed by atoms with Crippen molar-refractivity contribution in [1.29, 1.82) is 0 Å². The fourth-order valence-electron chi connectivity index (χ4n) is 1.75. The van der Waals surface area contributed by atoms with Gasteiger partial charge in [0.1, 0.15) is 5.75 Å². The Hall–Kier alpha value is -1.51. The summed E-state index contributed by atoms with van der Waals surface area (Å²) in [5.41, 5.74) is 1.26. The molecule has 0 amide bonds. The lowest BCUT2D eigenvalue weighted by Gasteiger charge is -2.07. The molecule has 1 aromatic rings. The van der Waals surface area contributed by atoms with Crippen LogP contribution in [0.25, 0.3) is 0 Å². The first-order valence-electron chi connectivity index (χ1n) is 6.54. The molecule has 1 rings (SSSR count). The van der Waals surface area contributed by atoms with Crippen LogP contribution >= 0.6 is 0 Å². The van der Waals surface area contributed by atoms with E-state index in [-0.39, 0.29) is 12.6 Å². The average molecular weight is 250 g/mol. The van der Waals surface area contributed by atoms with Crippen molar-refractivity contribution >= 4 is 5.97 Å². The molecule has 3 nitrogen and oxygen atoms in total. The second-order valence-electron chi connectivity index (χ2n) is 4.32. The molecule has 3 heteroatoms. The number of esters is 1. The molecule has 0 aliphatic heterocycles. The van der Waals surface area contributed by atoms with Gasteiger partial charge in [0.05, 0.1) is 7.11 Å². The zero-order chi connectivity index (χ0) is 13.2. The van der Waals surface area contributed by atoms with Crippen LogP contribution in [-0.2, 0) is 16.0 Å². The molecule has 0 aliphatic carbocycles. The van der Waals surface area contributed by atoms with E-state index in [9.17, 15) is 4.79 Å². The molecule has 0 aromatic heterocycles. The number of rotatable bonds is 8. The molecule has 100 valence electrons. The standard InChI is InChI=1S/C15H22O3/c1-3-4-5-6-8-13-9-7-10-14(11-13)18-12-15(16)17-2/h7,9-11H,3-6,8,12H2,1-2H3. The van der Waals surface area contributed by atoms with E-state index in [0.717, 1.165) is 12.2 Å². The van der Waals surface area contributed by atoms with Crippen LogP contribution in [0.5, 0.6) is 5.75 Å². The lowest BCUT2D eigenvalue weighted by Crippen LogP contribution is -2.12. The van der Waals surface area contributed by atoms with E-state index in [4.69, 9.17) is 4.74 Å². The minimum atomic E-state index is -0.358. The third-order valence-electron chi connectivity index (χ3n) is 2.80.